The summed E-state index contributed by atoms with van der Waals surface area (Å²) in [5, 5.41) is 4.53. The lowest BCUT2D eigenvalue weighted by Crippen LogP contribution is -2.38. The largest absolute Gasteiger partial charge is 0.338 e. The van der Waals surface area contributed by atoms with Crippen molar-refractivity contribution in [2.75, 3.05) is 26.7 Å². The Morgan fingerprint density at radius 2 is 2.00 bits per heavy atom. The zero-order chi connectivity index (χ0) is 20.5. The Labute approximate surface area is 173 Å². The van der Waals surface area contributed by atoms with E-state index in [0.29, 0.717) is 18.9 Å². The van der Waals surface area contributed by atoms with Crippen LogP contribution >= 0.6 is 0 Å². The van der Waals surface area contributed by atoms with Gasteiger partial charge in [-0.05, 0) is 59.8 Å². The molecule has 0 bridgehead atoms. The number of hydrogen-bond donors (Lipinski definition) is 0. The SMILES string of the molecule is Cc1cc(C)n(C(C)CC(=O)N2CCc3nc(C4CCN(C)CC4)ncc3C2)n1. The maximum Gasteiger partial charge on any atom is 0.225 e. The number of fused-ring (bicyclic) bond motifs is 1. The lowest BCUT2D eigenvalue weighted by molar-refractivity contribution is -0.133. The third-order valence-electron chi connectivity index (χ3n) is 6.32. The van der Waals surface area contributed by atoms with Crippen molar-refractivity contribution in [1.29, 1.82) is 0 Å². The Balaban J connectivity index is 1.39. The number of piperidine rings is 1. The molecule has 156 valence electrons. The Morgan fingerprint density at radius 3 is 2.69 bits per heavy atom. The van der Waals surface area contributed by atoms with E-state index in [4.69, 9.17) is 4.98 Å². The number of nitrogens with zero attached hydrogens (tertiary/aromatic N) is 6. The minimum Gasteiger partial charge on any atom is -0.338 e. The summed E-state index contributed by atoms with van der Waals surface area (Å²) >= 11 is 0. The number of amides is 1. The quantitative estimate of drug-likeness (QED) is 0.795. The number of carbonyl (C=O) groups is 1. The molecule has 2 aromatic heterocycles. The molecule has 1 amide bonds. The lowest BCUT2D eigenvalue weighted by atomic mass is 9.95. The number of carbonyl (C=O) groups excluding carboxylic acids is 1. The van der Waals surface area contributed by atoms with Crippen molar-refractivity contribution in [2.24, 2.45) is 0 Å². The maximum atomic E-state index is 12.9. The second kappa shape index (κ2) is 8.22. The highest BCUT2D eigenvalue weighted by molar-refractivity contribution is 5.76. The van der Waals surface area contributed by atoms with Gasteiger partial charge in [0.2, 0.25) is 5.91 Å². The van der Waals surface area contributed by atoms with Crippen molar-refractivity contribution in [2.45, 2.75) is 65.0 Å². The first-order chi connectivity index (χ1) is 13.9. The molecule has 1 unspecified atom stereocenters. The number of likely N-dealkylation sites (tertiary alicyclic amines) is 1. The summed E-state index contributed by atoms with van der Waals surface area (Å²) in [6.45, 7) is 9.66. The summed E-state index contributed by atoms with van der Waals surface area (Å²) in [4.78, 5) is 26.8. The van der Waals surface area contributed by atoms with Gasteiger partial charge in [-0.3, -0.25) is 9.48 Å². The van der Waals surface area contributed by atoms with E-state index in [9.17, 15) is 4.79 Å². The summed E-state index contributed by atoms with van der Waals surface area (Å²) in [6, 6.07) is 2.11. The second-order valence-corrected chi connectivity index (χ2v) is 8.77. The van der Waals surface area contributed by atoms with Crippen molar-refractivity contribution in [1.82, 2.24) is 29.5 Å². The Hall–Kier alpha value is -2.28. The number of aromatic nitrogens is 4. The third-order valence-corrected chi connectivity index (χ3v) is 6.32. The van der Waals surface area contributed by atoms with Crippen LogP contribution in [-0.2, 0) is 17.8 Å². The minimum absolute atomic E-state index is 0.0562. The van der Waals surface area contributed by atoms with Crippen LogP contribution in [0.2, 0.25) is 0 Å². The molecule has 4 rings (SSSR count). The van der Waals surface area contributed by atoms with Gasteiger partial charge in [0.25, 0.3) is 0 Å². The van der Waals surface area contributed by atoms with Crippen LogP contribution in [0.5, 0.6) is 0 Å². The van der Waals surface area contributed by atoms with Gasteiger partial charge in [0.15, 0.2) is 0 Å². The van der Waals surface area contributed by atoms with Crippen LogP contribution < -0.4 is 0 Å². The number of hydrogen-bond acceptors (Lipinski definition) is 5. The molecule has 1 fully saturated rings. The predicted molar refractivity (Wildman–Crippen MR) is 112 cm³/mol. The molecule has 0 aliphatic carbocycles. The van der Waals surface area contributed by atoms with Crippen LogP contribution in [0.25, 0.3) is 0 Å². The molecular formula is C22H32N6O. The van der Waals surface area contributed by atoms with E-state index in [2.05, 4.69) is 35.0 Å². The van der Waals surface area contributed by atoms with E-state index in [-0.39, 0.29) is 11.9 Å². The van der Waals surface area contributed by atoms with Gasteiger partial charge >= 0.3 is 0 Å². The third kappa shape index (κ3) is 4.34. The van der Waals surface area contributed by atoms with Crippen LogP contribution in [0.1, 0.15) is 66.6 Å². The normalized spacial score (nSPS) is 19.2. The average Bonchev–Trinajstić information content (AvgIpc) is 3.06. The summed E-state index contributed by atoms with van der Waals surface area (Å²) in [5.41, 5.74) is 4.32. The van der Waals surface area contributed by atoms with E-state index in [1.54, 1.807) is 0 Å². The summed E-state index contributed by atoms with van der Waals surface area (Å²) in [6.07, 6.45) is 5.50. The number of aryl methyl sites for hydroxylation is 2. The fourth-order valence-electron chi connectivity index (χ4n) is 4.57. The molecule has 2 aromatic rings. The zero-order valence-corrected chi connectivity index (χ0v) is 18.1. The Bertz CT molecular complexity index is 883. The molecule has 1 atom stereocenters. The summed E-state index contributed by atoms with van der Waals surface area (Å²) < 4.78 is 1.96. The van der Waals surface area contributed by atoms with Gasteiger partial charge in [0, 0.05) is 49.3 Å². The Kier molecular flexibility index (Phi) is 5.67. The highest BCUT2D eigenvalue weighted by Crippen LogP contribution is 2.27. The molecule has 0 N–H and O–H groups in total. The molecular weight excluding hydrogens is 364 g/mol. The molecule has 1 saturated heterocycles. The molecule has 2 aliphatic heterocycles. The van der Waals surface area contributed by atoms with E-state index in [0.717, 1.165) is 67.4 Å². The van der Waals surface area contributed by atoms with Gasteiger partial charge < -0.3 is 9.80 Å². The lowest BCUT2D eigenvalue weighted by Gasteiger charge is -2.31. The maximum absolute atomic E-state index is 12.9. The second-order valence-electron chi connectivity index (χ2n) is 8.77. The summed E-state index contributed by atoms with van der Waals surface area (Å²) in [5.74, 6) is 1.64. The van der Waals surface area contributed by atoms with E-state index >= 15 is 0 Å². The van der Waals surface area contributed by atoms with Crippen LogP contribution in [-0.4, -0.2) is 62.1 Å². The van der Waals surface area contributed by atoms with E-state index in [1.807, 2.05) is 29.6 Å². The van der Waals surface area contributed by atoms with Crippen LogP contribution in [0, 0.1) is 13.8 Å². The van der Waals surface area contributed by atoms with E-state index in [1.165, 1.54) is 0 Å². The van der Waals surface area contributed by atoms with Gasteiger partial charge in [-0.15, -0.1) is 0 Å². The zero-order valence-electron chi connectivity index (χ0n) is 18.1. The molecule has 0 radical (unpaired) electrons. The van der Waals surface area contributed by atoms with Crippen LogP contribution in [0.3, 0.4) is 0 Å². The summed E-state index contributed by atoms with van der Waals surface area (Å²) in [7, 11) is 2.17. The highest BCUT2D eigenvalue weighted by Gasteiger charge is 2.26. The minimum atomic E-state index is 0.0562. The molecule has 0 saturated carbocycles. The molecule has 7 heteroatoms. The van der Waals surface area contributed by atoms with Crippen molar-refractivity contribution in [3.8, 4) is 0 Å². The topological polar surface area (TPSA) is 67.2 Å². The average molecular weight is 397 g/mol. The standard InChI is InChI=1S/C22H32N6O/c1-15-11-16(2)28(25-15)17(3)12-21(29)27-10-7-20-19(14-27)13-23-22(24-20)18-5-8-26(4)9-6-18/h11,13,17-18H,5-10,12,14H2,1-4H3. The van der Waals surface area contributed by atoms with Crippen molar-refractivity contribution >= 4 is 5.91 Å². The van der Waals surface area contributed by atoms with Gasteiger partial charge in [-0.1, -0.05) is 0 Å². The van der Waals surface area contributed by atoms with Gasteiger partial charge in [0.05, 0.1) is 17.4 Å². The predicted octanol–water partition coefficient (Wildman–Crippen LogP) is 2.64. The monoisotopic (exact) mass is 396 g/mol. The van der Waals surface area contributed by atoms with Crippen molar-refractivity contribution < 1.29 is 4.79 Å². The first-order valence-corrected chi connectivity index (χ1v) is 10.7. The number of rotatable bonds is 4. The van der Waals surface area contributed by atoms with Crippen LogP contribution in [0.15, 0.2) is 12.3 Å². The van der Waals surface area contributed by atoms with Crippen molar-refractivity contribution in [3.05, 3.63) is 40.7 Å². The fourth-order valence-corrected chi connectivity index (χ4v) is 4.57. The molecule has 29 heavy (non-hydrogen) atoms. The van der Waals surface area contributed by atoms with Crippen molar-refractivity contribution in [3.63, 3.8) is 0 Å². The van der Waals surface area contributed by atoms with Crippen LogP contribution in [0.4, 0.5) is 0 Å². The molecule has 2 aliphatic rings. The molecule has 0 spiro atoms. The first kappa shape index (κ1) is 20.0. The fraction of sp³-hybridized carbons (Fsp3) is 0.636. The molecule has 4 heterocycles. The van der Waals surface area contributed by atoms with Gasteiger partial charge in [0.1, 0.15) is 5.82 Å². The van der Waals surface area contributed by atoms with Gasteiger partial charge in [-0.25, -0.2) is 9.97 Å². The molecule has 0 aromatic carbocycles. The Morgan fingerprint density at radius 1 is 1.24 bits per heavy atom. The molecule has 7 nitrogen and oxygen atoms in total. The van der Waals surface area contributed by atoms with E-state index < -0.39 is 0 Å². The smallest absolute Gasteiger partial charge is 0.225 e. The highest BCUT2D eigenvalue weighted by atomic mass is 16.2. The van der Waals surface area contributed by atoms with Gasteiger partial charge in [-0.2, -0.15) is 5.10 Å². The first-order valence-electron chi connectivity index (χ1n) is 10.7.